The highest BCUT2D eigenvalue weighted by Gasteiger charge is 2.25. The van der Waals surface area contributed by atoms with E-state index < -0.39 is 0 Å². The van der Waals surface area contributed by atoms with E-state index in [1.165, 1.54) is 11.3 Å². The Labute approximate surface area is 139 Å². The van der Waals surface area contributed by atoms with Gasteiger partial charge in [-0.2, -0.15) is 0 Å². The number of hydrogen-bond acceptors (Lipinski definition) is 4. The smallest absolute Gasteiger partial charge is 0.223 e. The average molecular weight is 329 g/mol. The summed E-state index contributed by atoms with van der Waals surface area (Å²) in [4.78, 5) is 27.2. The first-order valence-corrected chi connectivity index (χ1v) is 8.60. The highest BCUT2D eigenvalue weighted by atomic mass is 32.1. The van der Waals surface area contributed by atoms with Crippen LogP contribution in [0.3, 0.4) is 0 Å². The Morgan fingerprint density at radius 1 is 1.22 bits per heavy atom. The molecule has 23 heavy (non-hydrogen) atoms. The zero-order chi connectivity index (χ0) is 16.2. The lowest BCUT2D eigenvalue weighted by Gasteiger charge is -2.26. The molecule has 0 fully saturated rings. The second-order valence-corrected chi connectivity index (χ2v) is 6.64. The number of thiophene rings is 1. The molecule has 0 bridgehead atoms. The van der Waals surface area contributed by atoms with Gasteiger partial charge in [-0.1, -0.05) is 24.3 Å². The fraction of sp³-hybridized carbons (Fsp3) is 0.333. The van der Waals surface area contributed by atoms with Crippen LogP contribution in [0.5, 0.6) is 5.75 Å². The first kappa shape index (κ1) is 15.7. The molecule has 0 saturated heterocycles. The van der Waals surface area contributed by atoms with Crippen LogP contribution in [0.1, 0.15) is 35.0 Å². The molecule has 120 valence electrons. The molecular formula is C18H19NO3S. The van der Waals surface area contributed by atoms with Gasteiger partial charge < -0.3 is 9.64 Å². The first-order valence-electron chi connectivity index (χ1n) is 7.72. The zero-order valence-electron chi connectivity index (χ0n) is 13.0. The van der Waals surface area contributed by atoms with E-state index in [1.54, 1.807) is 6.07 Å². The maximum absolute atomic E-state index is 12.6. The minimum Gasteiger partial charge on any atom is -0.491 e. The Morgan fingerprint density at radius 2 is 2.04 bits per heavy atom. The van der Waals surface area contributed by atoms with E-state index in [1.807, 2.05) is 47.5 Å². The molecule has 1 amide bonds. The lowest BCUT2D eigenvalue weighted by atomic mass is 10.1. The second-order valence-electron chi connectivity index (χ2n) is 5.69. The van der Waals surface area contributed by atoms with Crippen molar-refractivity contribution in [2.75, 3.05) is 6.61 Å². The topological polar surface area (TPSA) is 46.6 Å². The Kier molecular flexibility index (Phi) is 4.76. The molecule has 0 saturated carbocycles. The van der Waals surface area contributed by atoms with E-state index in [9.17, 15) is 9.59 Å². The summed E-state index contributed by atoms with van der Waals surface area (Å²) < 4.78 is 5.77. The Bertz CT molecular complexity index is 696. The van der Waals surface area contributed by atoms with Gasteiger partial charge in [0, 0.05) is 24.9 Å². The number of Topliss-reactive ketones (excluding diaryl/α,β-unsaturated/α-hetero) is 1. The van der Waals surface area contributed by atoms with Crippen LogP contribution in [-0.4, -0.2) is 29.2 Å². The van der Waals surface area contributed by atoms with Gasteiger partial charge in [0.15, 0.2) is 5.78 Å². The number of ether oxygens (including phenoxy) is 1. The largest absolute Gasteiger partial charge is 0.491 e. The molecule has 0 radical (unpaired) electrons. The van der Waals surface area contributed by atoms with Crippen LogP contribution < -0.4 is 4.74 Å². The fourth-order valence-corrected chi connectivity index (χ4v) is 3.37. The summed E-state index contributed by atoms with van der Waals surface area (Å²) in [5.74, 6) is 0.875. The maximum atomic E-state index is 12.6. The van der Waals surface area contributed by atoms with Crippen molar-refractivity contribution in [3.8, 4) is 5.75 Å². The van der Waals surface area contributed by atoms with Crippen molar-refractivity contribution in [3.05, 3.63) is 52.2 Å². The summed E-state index contributed by atoms with van der Waals surface area (Å²) in [7, 11) is 0. The number of amides is 1. The van der Waals surface area contributed by atoms with Crippen molar-refractivity contribution in [2.45, 2.75) is 32.4 Å². The monoisotopic (exact) mass is 329 g/mol. The Balaban J connectivity index is 1.65. The summed E-state index contributed by atoms with van der Waals surface area (Å²) in [6.07, 6.45) is 0.494. The molecule has 0 spiro atoms. The minimum absolute atomic E-state index is 0.00251. The number of nitrogens with zero attached hydrogens (tertiary/aromatic N) is 1. The number of carbonyl (C=O) groups excluding carboxylic acids is 2. The second kappa shape index (κ2) is 6.96. The zero-order valence-corrected chi connectivity index (χ0v) is 13.8. The van der Waals surface area contributed by atoms with Gasteiger partial charge >= 0.3 is 0 Å². The molecule has 1 atom stereocenters. The molecule has 0 aliphatic carbocycles. The lowest BCUT2D eigenvalue weighted by molar-refractivity contribution is -0.134. The maximum Gasteiger partial charge on any atom is 0.223 e. The van der Waals surface area contributed by atoms with Crippen molar-refractivity contribution in [1.82, 2.24) is 4.90 Å². The third-order valence-corrected chi connectivity index (χ3v) is 4.92. The normalized spacial score (nSPS) is 17.1. The predicted octanol–water partition coefficient (Wildman–Crippen LogP) is 3.52. The molecule has 1 aromatic carbocycles. The molecule has 2 aromatic rings. The fourth-order valence-electron chi connectivity index (χ4n) is 2.67. The van der Waals surface area contributed by atoms with Crippen LogP contribution in [0.4, 0.5) is 0 Å². The summed E-state index contributed by atoms with van der Waals surface area (Å²) in [6, 6.07) is 11.4. The van der Waals surface area contributed by atoms with Crippen LogP contribution in [0.25, 0.3) is 0 Å². The van der Waals surface area contributed by atoms with Crippen molar-refractivity contribution in [3.63, 3.8) is 0 Å². The third kappa shape index (κ3) is 3.62. The van der Waals surface area contributed by atoms with Crippen molar-refractivity contribution in [2.24, 2.45) is 0 Å². The number of carbonyl (C=O) groups is 2. The number of para-hydroxylation sites is 1. The SMILES string of the molecule is C[C@@H]1COc2ccccc2CN1C(=O)CCC(=O)c1cccs1. The van der Waals surface area contributed by atoms with Crippen LogP contribution in [0.2, 0.25) is 0 Å². The van der Waals surface area contributed by atoms with Gasteiger partial charge in [0.05, 0.1) is 10.9 Å². The molecule has 0 N–H and O–H groups in total. The first-order chi connectivity index (χ1) is 11.1. The summed E-state index contributed by atoms with van der Waals surface area (Å²) in [5.41, 5.74) is 1.01. The summed E-state index contributed by atoms with van der Waals surface area (Å²) in [5, 5.41) is 1.88. The van der Waals surface area contributed by atoms with Gasteiger partial charge in [-0.15, -0.1) is 11.3 Å². The number of benzene rings is 1. The number of ketones is 1. The molecular weight excluding hydrogens is 310 g/mol. The summed E-state index contributed by atoms with van der Waals surface area (Å²) in [6.45, 7) is 2.98. The van der Waals surface area contributed by atoms with Gasteiger partial charge in [-0.05, 0) is 24.4 Å². The van der Waals surface area contributed by atoms with Crippen LogP contribution >= 0.6 is 11.3 Å². The molecule has 0 unspecified atom stereocenters. The lowest BCUT2D eigenvalue weighted by Crippen LogP contribution is -2.39. The molecule has 1 aliphatic heterocycles. The number of hydrogen-bond donors (Lipinski definition) is 0. The van der Waals surface area contributed by atoms with E-state index in [2.05, 4.69) is 0 Å². The van der Waals surface area contributed by atoms with E-state index >= 15 is 0 Å². The quantitative estimate of drug-likeness (QED) is 0.806. The third-order valence-electron chi connectivity index (χ3n) is 4.01. The van der Waals surface area contributed by atoms with Crippen molar-refractivity contribution < 1.29 is 14.3 Å². The van der Waals surface area contributed by atoms with Crippen LogP contribution in [-0.2, 0) is 11.3 Å². The molecule has 2 heterocycles. The standard InChI is InChI=1S/C18H19NO3S/c1-13-12-22-16-6-3-2-5-14(16)11-19(13)18(21)9-8-15(20)17-7-4-10-23-17/h2-7,10,13H,8-9,11-12H2,1H3/t13-/m1/s1. The number of rotatable bonds is 4. The van der Waals surface area contributed by atoms with E-state index in [0.717, 1.165) is 16.2 Å². The van der Waals surface area contributed by atoms with E-state index in [-0.39, 0.29) is 30.6 Å². The van der Waals surface area contributed by atoms with Crippen molar-refractivity contribution in [1.29, 1.82) is 0 Å². The van der Waals surface area contributed by atoms with Gasteiger partial charge in [0.1, 0.15) is 12.4 Å². The highest BCUT2D eigenvalue weighted by molar-refractivity contribution is 7.12. The predicted molar refractivity (Wildman–Crippen MR) is 89.8 cm³/mol. The molecule has 3 rings (SSSR count). The number of fused-ring (bicyclic) bond motifs is 1. The van der Waals surface area contributed by atoms with E-state index in [4.69, 9.17) is 4.74 Å². The van der Waals surface area contributed by atoms with Crippen LogP contribution in [0, 0.1) is 0 Å². The molecule has 4 nitrogen and oxygen atoms in total. The van der Waals surface area contributed by atoms with E-state index in [0.29, 0.717) is 13.2 Å². The Morgan fingerprint density at radius 3 is 2.83 bits per heavy atom. The molecule has 5 heteroatoms. The molecule has 1 aromatic heterocycles. The van der Waals surface area contributed by atoms with Gasteiger partial charge in [-0.25, -0.2) is 0 Å². The minimum atomic E-state index is -0.00765. The summed E-state index contributed by atoms with van der Waals surface area (Å²) >= 11 is 1.42. The highest BCUT2D eigenvalue weighted by Crippen LogP contribution is 2.25. The van der Waals surface area contributed by atoms with Crippen molar-refractivity contribution >= 4 is 23.0 Å². The van der Waals surface area contributed by atoms with Gasteiger partial charge in [0.2, 0.25) is 5.91 Å². The van der Waals surface area contributed by atoms with Crippen LogP contribution in [0.15, 0.2) is 41.8 Å². The van der Waals surface area contributed by atoms with Gasteiger partial charge in [-0.3, -0.25) is 9.59 Å². The molecule has 1 aliphatic rings. The average Bonchev–Trinajstić information content (AvgIpc) is 3.05. The Hall–Kier alpha value is -2.14. The van der Waals surface area contributed by atoms with Gasteiger partial charge in [0.25, 0.3) is 0 Å².